The molecule has 6 nitrogen and oxygen atoms in total. The molecule has 2 amide bonds. The number of allylic oxidation sites excluding steroid dienone is 1. The molecule has 3 aliphatic heterocycles. The summed E-state index contributed by atoms with van der Waals surface area (Å²) in [7, 11) is 1.54. The largest absolute Gasteiger partial charge is 0.383 e. The van der Waals surface area contributed by atoms with Crippen LogP contribution < -0.4 is 4.90 Å². The number of carbonyl (C=O) groups excluding carboxylic acids is 3. The maximum absolute atomic E-state index is 13.7. The van der Waals surface area contributed by atoms with Gasteiger partial charge in [-0.25, -0.2) is 0 Å². The number of imide groups is 1. The summed E-state index contributed by atoms with van der Waals surface area (Å²) < 4.78 is 5.10. The third-order valence-corrected chi connectivity index (χ3v) is 6.69. The third-order valence-electron chi connectivity index (χ3n) is 6.69. The zero-order chi connectivity index (χ0) is 21.7. The van der Waals surface area contributed by atoms with E-state index in [-0.39, 0.29) is 36.8 Å². The van der Waals surface area contributed by atoms with Crippen molar-refractivity contribution >= 4 is 28.9 Å². The van der Waals surface area contributed by atoms with E-state index in [1.54, 1.807) is 19.2 Å². The number of likely N-dealkylation sites (tertiary alicyclic amines) is 1. The zero-order valence-corrected chi connectivity index (χ0v) is 17.5. The van der Waals surface area contributed by atoms with E-state index in [9.17, 15) is 14.4 Å². The van der Waals surface area contributed by atoms with Crippen LogP contribution in [0.15, 0.2) is 60.7 Å². The number of hydrogen-bond acceptors (Lipinski definition) is 5. The molecule has 31 heavy (non-hydrogen) atoms. The molecule has 0 aliphatic carbocycles. The van der Waals surface area contributed by atoms with Gasteiger partial charge in [-0.05, 0) is 18.6 Å². The fourth-order valence-corrected chi connectivity index (χ4v) is 5.34. The molecule has 0 radical (unpaired) electrons. The SMILES string of the molecule is COCCN1C(=O)[C@@H]2[C@H](C1=O)[C@@H](C(=O)c1ccccc1)N1c3ccccc3C(C)=C[C@@H]21. The molecular weight excluding hydrogens is 392 g/mol. The standard InChI is InChI=1S/C25H24N2O4/c1-15-14-19-20-21(25(30)26(24(20)29)12-13-31-2)22(23(28)16-8-4-3-5-9-16)27(19)18-11-7-6-10-17(15)18/h3-11,14,19-22H,12-13H2,1-2H3/t19-,20-,21-,22-/m0/s1. The predicted octanol–water partition coefficient (Wildman–Crippen LogP) is 2.79. The van der Waals surface area contributed by atoms with Crippen molar-refractivity contribution in [2.24, 2.45) is 11.8 Å². The minimum atomic E-state index is -0.730. The lowest BCUT2D eigenvalue weighted by Crippen LogP contribution is -2.49. The Balaban J connectivity index is 1.65. The molecule has 5 rings (SSSR count). The highest BCUT2D eigenvalue weighted by molar-refractivity contribution is 6.14. The molecule has 4 atom stereocenters. The highest BCUT2D eigenvalue weighted by atomic mass is 16.5. The number of anilines is 1. The van der Waals surface area contributed by atoms with Gasteiger partial charge in [0.15, 0.2) is 5.78 Å². The van der Waals surface area contributed by atoms with Crippen molar-refractivity contribution in [2.45, 2.75) is 19.0 Å². The quantitative estimate of drug-likeness (QED) is 0.554. The smallest absolute Gasteiger partial charge is 0.235 e. The van der Waals surface area contributed by atoms with Gasteiger partial charge < -0.3 is 9.64 Å². The van der Waals surface area contributed by atoms with E-state index in [1.165, 1.54) is 4.90 Å². The molecular formula is C25H24N2O4. The van der Waals surface area contributed by atoms with Gasteiger partial charge >= 0.3 is 0 Å². The Morgan fingerprint density at radius 1 is 0.968 bits per heavy atom. The van der Waals surface area contributed by atoms with E-state index in [2.05, 4.69) is 0 Å². The first-order valence-electron chi connectivity index (χ1n) is 10.5. The molecule has 0 aromatic heterocycles. The van der Waals surface area contributed by atoms with Crippen molar-refractivity contribution in [3.05, 3.63) is 71.8 Å². The number of rotatable bonds is 5. The van der Waals surface area contributed by atoms with Gasteiger partial charge in [0.25, 0.3) is 0 Å². The molecule has 3 heterocycles. The Hall–Kier alpha value is -3.25. The summed E-state index contributed by atoms with van der Waals surface area (Å²) in [4.78, 5) is 43.8. The Labute approximate surface area is 181 Å². The van der Waals surface area contributed by atoms with Crippen LogP contribution >= 0.6 is 0 Å². The molecule has 3 aliphatic rings. The van der Waals surface area contributed by atoms with Gasteiger partial charge in [0.1, 0.15) is 6.04 Å². The number of ether oxygens (including phenoxy) is 1. The molecule has 0 bridgehead atoms. The predicted molar refractivity (Wildman–Crippen MR) is 116 cm³/mol. The van der Waals surface area contributed by atoms with E-state index in [4.69, 9.17) is 4.74 Å². The van der Waals surface area contributed by atoms with Crippen molar-refractivity contribution in [1.82, 2.24) is 4.90 Å². The lowest BCUT2D eigenvalue weighted by atomic mass is 9.85. The number of benzene rings is 2. The zero-order valence-electron chi connectivity index (χ0n) is 17.5. The van der Waals surface area contributed by atoms with Crippen molar-refractivity contribution in [2.75, 3.05) is 25.2 Å². The Morgan fingerprint density at radius 2 is 1.65 bits per heavy atom. The van der Waals surface area contributed by atoms with E-state index < -0.39 is 17.9 Å². The first-order chi connectivity index (χ1) is 15.0. The lowest BCUT2D eigenvalue weighted by molar-refractivity contribution is -0.141. The fraction of sp³-hybridized carbons (Fsp3) is 0.320. The number of fused-ring (bicyclic) bond motifs is 5. The number of carbonyl (C=O) groups is 3. The van der Waals surface area contributed by atoms with Crippen LogP contribution in [-0.2, 0) is 14.3 Å². The second kappa shape index (κ2) is 7.46. The monoisotopic (exact) mass is 416 g/mol. The normalized spacial score (nSPS) is 26.5. The summed E-state index contributed by atoms with van der Waals surface area (Å²) in [5.74, 6) is -1.91. The minimum absolute atomic E-state index is 0.129. The number of Topliss-reactive ketones (excluding diaryl/α,β-unsaturated/α-hetero) is 1. The van der Waals surface area contributed by atoms with Gasteiger partial charge in [0.05, 0.1) is 31.0 Å². The first-order valence-corrected chi connectivity index (χ1v) is 10.5. The molecule has 0 saturated carbocycles. The molecule has 2 aromatic rings. The van der Waals surface area contributed by atoms with E-state index in [0.29, 0.717) is 5.56 Å². The topological polar surface area (TPSA) is 66.9 Å². The average Bonchev–Trinajstić information content (AvgIpc) is 3.25. The van der Waals surface area contributed by atoms with Crippen LogP contribution in [0, 0.1) is 11.8 Å². The third kappa shape index (κ3) is 2.86. The van der Waals surface area contributed by atoms with Crippen molar-refractivity contribution in [1.29, 1.82) is 0 Å². The maximum Gasteiger partial charge on any atom is 0.235 e. The van der Waals surface area contributed by atoms with Crippen LogP contribution in [0.5, 0.6) is 0 Å². The van der Waals surface area contributed by atoms with Gasteiger partial charge in [-0.15, -0.1) is 0 Å². The summed E-state index contributed by atoms with van der Waals surface area (Å²) in [6, 6.07) is 15.9. The van der Waals surface area contributed by atoms with Gasteiger partial charge in [-0.2, -0.15) is 0 Å². The average molecular weight is 416 g/mol. The summed E-state index contributed by atoms with van der Waals surface area (Å²) in [5.41, 5.74) is 3.53. The number of para-hydroxylation sites is 1. The Kier molecular flexibility index (Phi) is 4.74. The minimum Gasteiger partial charge on any atom is -0.383 e. The van der Waals surface area contributed by atoms with Crippen LogP contribution in [0.3, 0.4) is 0 Å². The number of amides is 2. The second-order valence-electron chi connectivity index (χ2n) is 8.31. The molecule has 158 valence electrons. The van der Waals surface area contributed by atoms with E-state index in [1.807, 2.05) is 60.4 Å². The molecule has 2 aromatic carbocycles. The molecule has 0 N–H and O–H groups in total. The van der Waals surface area contributed by atoms with E-state index >= 15 is 0 Å². The van der Waals surface area contributed by atoms with Crippen LogP contribution in [0.1, 0.15) is 22.8 Å². The first kappa shape index (κ1) is 19.7. The van der Waals surface area contributed by atoms with Crippen LogP contribution in [0.4, 0.5) is 5.69 Å². The highest BCUT2D eigenvalue weighted by Crippen LogP contribution is 2.50. The van der Waals surface area contributed by atoms with Crippen LogP contribution in [0.25, 0.3) is 5.57 Å². The molecule has 0 unspecified atom stereocenters. The van der Waals surface area contributed by atoms with Gasteiger partial charge in [0.2, 0.25) is 11.8 Å². The highest BCUT2D eigenvalue weighted by Gasteiger charge is 2.64. The molecule has 6 heteroatoms. The van der Waals surface area contributed by atoms with Crippen LogP contribution in [0.2, 0.25) is 0 Å². The van der Waals surface area contributed by atoms with Gasteiger partial charge in [0, 0.05) is 23.9 Å². The van der Waals surface area contributed by atoms with Gasteiger partial charge in [-0.1, -0.05) is 54.6 Å². The Bertz CT molecular complexity index is 1090. The fourth-order valence-electron chi connectivity index (χ4n) is 5.34. The maximum atomic E-state index is 13.7. The van der Waals surface area contributed by atoms with Crippen molar-refractivity contribution in [3.63, 3.8) is 0 Å². The van der Waals surface area contributed by atoms with Gasteiger partial charge in [-0.3, -0.25) is 19.3 Å². The van der Waals surface area contributed by atoms with Crippen molar-refractivity contribution < 1.29 is 19.1 Å². The lowest BCUT2D eigenvalue weighted by Gasteiger charge is -2.38. The number of nitrogens with zero attached hydrogens (tertiary/aromatic N) is 2. The molecule has 2 saturated heterocycles. The molecule has 0 spiro atoms. The second-order valence-corrected chi connectivity index (χ2v) is 8.31. The number of hydrogen-bond donors (Lipinski definition) is 0. The summed E-state index contributed by atoms with van der Waals surface area (Å²) in [6.07, 6.45) is 2.04. The molecule has 2 fully saturated rings. The summed E-state index contributed by atoms with van der Waals surface area (Å²) in [6.45, 7) is 2.50. The van der Waals surface area contributed by atoms with Crippen LogP contribution in [-0.4, -0.2) is 54.8 Å². The van der Waals surface area contributed by atoms with Crippen molar-refractivity contribution in [3.8, 4) is 0 Å². The summed E-state index contributed by atoms with van der Waals surface area (Å²) >= 11 is 0. The number of methoxy groups -OCH3 is 1. The Morgan fingerprint density at radius 3 is 2.39 bits per heavy atom. The summed E-state index contributed by atoms with van der Waals surface area (Å²) in [5, 5.41) is 0. The number of ketones is 1. The van der Waals surface area contributed by atoms with E-state index in [0.717, 1.165) is 16.8 Å².